The maximum absolute atomic E-state index is 12.8. The molecule has 1 atom stereocenters. The van der Waals surface area contributed by atoms with Crippen LogP contribution in [0.3, 0.4) is 0 Å². The number of anilines is 1. The first-order chi connectivity index (χ1) is 14.0. The summed E-state index contributed by atoms with van der Waals surface area (Å²) in [5.41, 5.74) is 0.605. The molecule has 2 aromatic rings. The highest BCUT2D eigenvalue weighted by Gasteiger charge is 2.44. The standard InChI is InChI=1S/C21H22Cl2N2O4/c1-27-18-4-2-3-17(24-18)25-13-21(8-7-19(25)26,12-20-28-9-10-29-20)14-5-6-15(22)16(23)11-14/h2-6,11,20H,7-10,12-13H2,1H3. The van der Waals surface area contributed by atoms with Gasteiger partial charge in [0.05, 0.1) is 30.4 Å². The lowest BCUT2D eigenvalue weighted by Crippen LogP contribution is -2.51. The van der Waals surface area contributed by atoms with Crippen molar-refractivity contribution in [1.82, 2.24) is 4.98 Å². The number of ether oxygens (including phenoxy) is 3. The molecule has 3 heterocycles. The molecule has 1 amide bonds. The van der Waals surface area contributed by atoms with Crippen LogP contribution in [0.4, 0.5) is 5.82 Å². The van der Waals surface area contributed by atoms with E-state index in [0.29, 0.717) is 60.8 Å². The number of benzene rings is 1. The number of halogens is 2. The van der Waals surface area contributed by atoms with Crippen molar-refractivity contribution in [3.63, 3.8) is 0 Å². The number of amides is 1. The molecule has 1 unspecified atom stereocenters. The molecule has 0 saturated carbocycles. The van der Waals surface area contributed by atoms with Gasteiger partial charge in [-0.15, -0.1) is 0 Å². The molecule has 1 aromatic heterocycles. The number of pyridine rings is 1. The van der Waals surface area contributed by atoms with Crippen LogP contribution in [0.2, 0.25) is 10.0 Å². The second-order valence-corrected chi connectivity index (χ2v) is 8.12. The molecule has 0 radical (unpaired) electrons. The van der Waals surface area contributed by atoms with Gasteiger partial charge in [0.2, 0.25) is 11.8 Å². The highest BCUT2D eigenvalue weighted by Crippen LogP contribution is 2.42. The van der Waals surface area contributed by atoms with Gasteiger partial charge >= 0.3 is 0 Å². The Morgan fingerprint density at radius 3 is 2.72 bits per heavy atom. The molecule has 2 aliphatic rings. The molecule has 29 heavy (non-hydrogen) atoms. The first-order valence-electron chi connectivity index (χ1n) is 9.51. The van der Waals surface area contributed by atoms with Gasteiger partial charge in [-0.2, -0.15) is 4.98 Å². The fourth-order valence-corrected chi connectivity index (χ4v) is 4.32. The number of carbonyl (C=O) groups excluding carboxylic acids is 1. The number of aromatic nitrogens is 1. The Morgan fingerprint density at radius 1 is 1.21 bits per heavy atom. The maximum atomic E-state index is 12.8. The Balaban J connectivity index is 1.72. The van der Waals surface area contributed by atoms with E-state index in [0.717, 1.165) is 5.56 Å². The monoisotopic (exact) mass is 436 g/mol. The van der Waals surface area contributed by atoms with E-state index in [1.165, 1.54) is 0 Å². The van der Waals surface area contributed by atoms with Crippen molar-refractivity contribution >= 4 is 34.9 Å². The van der Waals surface area contributed by atoms with Crippen LogP contribution in [-0.2, 0) is 19.7 Å². The molecule has 6 nitrogen and oxygen atoms in total. The normalized spacial score (nSPS) is 22.9. The lowest BCUT2D eigenvalue weighted by atomic mass is 9.71. The molecule has 1 aromatic carbocycles. The van der Waals surface area contributed by atoms with Crippen molar-refractivity contribution in [2.75, 3.05) is 31.8 Å². The minimum Gasteiger partial charge on any atom is -0.481 e. The summed E-state index contributed by atoms with van der Waals surface area (Å²) in [6.07, 6.45) is 1.33. The number of carbonyl (C=O) groups is 1. The van der Waals surface area contributed by atoms with Crippen molar-refractivity contribution in [2.45, 2.75) is 31.0 Å². The SMILES string of the molecule is COc1cccc(N2CC(CC3OCCO3)(c3ccc(Cl)c(Cl)c3)CCC2=O)n1. The van der Waals surface area contributed by atoms with Crippen LogP contribution in [0.15, 0.2) is 36.4 Å². The van der Waals surface area contributed by atoms with Crippen molar-refractivity contribution in [1.29, 1.82) is 0 Å². The number of nitrogens with zero attached hydrogens (tertiary/aromatic N) is 2. The minimum absolute atomic E-state index is 0.0229. The van der Waals surface area contributed by atoms with Crippen LogP contribution in [0.25, 0.3) is 0 Å². The number of hydrogen-bond donors (Lipinski definition) is 0. The van der Waals surface area contributed by atoms with Crippen LogP contribution in [0.5, 0.6) is 5.88 Å². The van der Waals surface area contributed by atoms with Crippen LogP contribution in [-0.4, -0.2) is 44.0 Å². The summed E-state index contributed by atoms with van der Waals surface area (Å²) >= 11 is 12.5. The van der Waals surface area contributed by atoms with Crippen molar-refractivity contribution in [2.24, 2.45) is 0 Å². The van der Waals surface area contributed by atoms with Crippen molar-refractivity contribution in [3.8, 4) is 5.88 Å². The average molecular weight is 437 g/mol. The third kappa shape index (κ3) is 4.21. The molecular formula is C21H22Cl2N2O4. The lowest BCUT2D eigenvalue weighted by molar-refractivity contribution is -0.121. The first kappa shape index (κ1) is 20.4. The smallest absolute Gasteiger partial charge is 0.228 e. The molecular weight excluding hydrogens is 415 g/mol. The predicted molar refractivity (Wildman–Crippen MR) is 111 cm³/mol. The van der Waals surface area contributed by atoms with Gasteiger partial charge in [-0.1, -0.05) is 35.3 Å². The van der Waals surface area contributed by atoms with Gasteiger partial charge in [0.25, 0.3) is 0 Å². The number of rotatable bonds is 5. The summed E-state index contributed by atoms with van der Waals surface area (Å²) in [5, 5.41) is 0.983. The minimum atomic E-state index is -0.401. The Kier molecular flexibility index (Phi) is 5.97. The molecule has 0 bridgehead atoms. The van der Waals surface area contributed by atoms with E-state index in [4.69, 9.17) is 37.4 Å². The molecule has 2 saturated heterocycles. The van der Waals surface area contributed by atoms with Crippen LogP contribution in [0, 0.1) is 0 Å². The van der Waals surface area contributed by atoms with Gasteiger partial charge in [0.1, 0.15) is 5.82 Å². The summed E-state index contributed by atoms with van der Waals surface area (Å²) in [5.74, 6) is 1.05. The fourth-order valence-electron chi connectivity index (χ4n) is 4.02. The van der Waals surface area contributed by atoms with E-state index >= 15 is 0 Å². The quantitative estimate of drug-likeness (QED) is 0.701. The van der Waals surface area contributed by atoms with E-state index in [1.807, 2.05) is 24.3 Å². The topological polar surface area (TPSA) is 60.9 Å². The number of methoxy groups -OCH3 is 1. The zero-order valence-corrected chi connectivity index (χ0v) is 17.6. The molecule has 0 spiro atoms. The maximum Gasteiger partial charge on any atom is 0.228 e. The average Bonchev–Trinajstić information content (AvgIpc) is 3.24. The van der Waals surface area contributed by atoms with Gasteiger partial charge < -0.3 is 14.2 Å². The van der Waals surface area contributed by atoms with Crippen LogP contribution < -0.4 is 9.64 Å². The molecule has 2 fully saturated rings. The summed E-state index contributed by atoms with van der Waals surface area (Å²) in [6.45, 7) is 1.58. The van der Waals surface area contributed by atoms with E-state index in [9.17, 15) is 4.79 Å². The summed E-state index contributed by atoms with van der Waals surface area (Å²) in [6, 6.07) is 11.0. The van der Waals surface area contributed by atoms with E-state index in [1.54, 1.807) is 24.1 Å². The molecule has 0 N–H and O–H groups in total. The Hall–Kier alpha value is -1.86. The zero-order valence-electron chi connectivity index (χ0n) is 16.1. The van der Waals surface area contributed by atoms with Gasteiger partial charge in [-0.25, -0.2) is 0 Å². The highest BCUT2D eigenvalue weighted by atomic mass is 35.5. The Labute approximate surface area is 179 Å². The summed E-state index contributed by atoms with van der Waals surface area (Å²) in [7, 11) is 1.55. The second kappa shape index (κ2) is 8.48. The number of hydrogen-bond acceptors (Lipinski definition) is 5. The Morgan fingerprint density at radius 2 is 2.00 bits per heavy atom. The van der Waals surface area contributed by atoms with E-state index < -0.39 is 5.41 Å². The second-order valence-electron chi connectivity index (χ2n) is 7.30. The fraction of sp³-hybridized carbons (Fsp3) is 0.429. The first-order valence-corrected chi connectivity index (χ1v) is 10.3. The van der Waals surface area contributed by atoms with Crippen molar-refractivity contribution < 1.29 is 19.0 Å². The lowest BCUT2D eigenvalue weighted by Gasteiger charge is -2.43. The van der Waals surface area contributed by atoms with Crippen LogP contribution in [0.1, 0.15) is 24.8 Å². The van der Waals surface area contributed by atoms with Crippen molar-refractivity contribution in [3.05, 3.63) is 52.0 Å². The van der Waals surface area contributed by atoms with Crippen LogP contribution >= 0.6 is 23.2 Å². The van der Waals surface area contributed by atoms with Gasteiger partial charge in [0.15, 0.2) is 6.29 Å². The zero-order chi connectivity index (χ0) is 20.4. The molecule has 2 aliphatic heterocycles. The van der Waals surface area contributed by atoms with Gasteiger partial charge in [-0.3, -0.25) is 9.69 Å². The Bertz CT molecular complexity index is 904. The molecule has 154 valence electrons. The van der Waals surface area contributed by atoms with E-state index in [2.05, 4.69) is 4.98 Å². The molecule has 0 aliphatic carbocycles. The van der Waals surface area contributed by atoms with E-state index in [-0.39, 0.29) is 12.2 Å². The summed E-state index contributed by atoms with van der Waals surface area (Å²) in [4.78, 5) is 19.0. The van der Waals surface area contributed by atoms with Gasteiger partial charge in [-0.05, 0) is 30.2 Å². The summed E-state index contributed by atoms with van der Waals surface area (Å²) < 4.78 is 16.7. The number of piperidine rings is 1. The highest BCUT2D eigenvalue weighted by molar-refractivity contribution is 6.42. The van der Waals surface area contributed by atoms with Gasteiger partial charge in [0, 0.05) is 30.9 Å². The molecule has 8 heteroatoms. The predicted octanol–water partition coefficient (Wildman–Crippen LogP) is 4.22. The largest absolute Gasteiger partial charge is 0.481 e. The third-order valence-electron chi connectivity index (χ3n) is 5.55. The molecule has 4 rings (SSSR count). The third-order valence-corrected chi connectivity index (χ3v) is 6.29.